The van der Waals surface area contributed by atoms with Crippen molar-refractivity contribution in [3.63, 3.8) is 0 Å². The lowest BCUT2D eigenvalue weighted by Crippen LogP contribution is -2.47. The van der Waals surface area contributed by atoms with E-state index in [0.29, 0.717) is 23.3 Å². The summed E-state index contributed by atoms with van der Waals surface area (Å²) in [4.78, 5) is 9.38. The van der Waals surface area contributed by atoms with Gasteiger partial charge in [-0.05, 0) is 35.9 Å². The molecule has 4 aromatic rings. The summed E-state index contributed by atoms with van der Waals surface area (Å²) in [5, 5.41) is 11.8. The van der Waals surface area contributed by atoms with E-state index in [0.717, 1.165) is 17.7 Å². The SMILES string of the molecule is O=[N+]([O-])c1ccccc1S(=O)(=O)NC(Cn1ccc2cc(OCc3ccccc3)ccc21)C(F)(F)F. The molecule has 0 saturated heterocycles. The fourth-order valence-electron chi connectivity index (χ4n) is 3.66. The van der Waals surface area contributed by atoms with Crippen molar-refractivity contribution in [3.8, 4) is 5.75 Å². The molecule has 4 rings (SSSR count). The van der Waals surface area contributed by atoms with Crippen molar-refractivity contribution < 1.29 is 31.2 Å². The van der Waals surface area contributed by atoms with Crippen LogP contribution in [-0.4, -0.2) is 30.1 Å². The van der Waals surface area contributed by atoms with E-state index >= 15 is 0 Å². The maximum atomic E-state index is 13.8. The second-order valence-electron chi connectivity index (χ2n) is 7.90. The van der Waals surface area contributed by atoms with Crippen LogP contribution in [0.3, 0.4) is 0 Å². The number of sulfonamides is 1. The van der Waals surface area contributed by atoms with Crippen molar-refractivity contribution >= 4 is 26.6 Å². The third-order valence-electron chi connectivity index (χ3n) is 5.41. The zero-order valence-electron chi connectivity index (χ0n) is 18.6. The van der Waals surface area contributed by atoms with Crippen molar-refractivity contribution in [1.29, 1.82) is 0 Å². The Morgan fingerprint density at radius 1 is 1.00 bits per heavy atom. The van der Waals surface area contributed by atoms with Crippen molar-refractivity contribution in [2.75, 3.05) is 0 Å². The Morgan fingerprint density at radius 3 is 2.39 bits per heavy atom. The fraction of sp³-hybridized carbons (Fsp3) is 0.167. The minimum Gasteiger partial charge on any atom is -0.489 e. The number of hydrogen-bond donors (Lipinski definition) is 1. The Kier molecular flexibility index (Phi) is 7.00. The van der Waals surface area contributed by atoms with Gasteiger partial charge in [0.2, 0.25) is 10.0 Å². The zero-order valence-corrected chi connectivity index (χ0v) is 19.4. The highest BCUT2D eigenvalue weighted by molar-refractivity contribution is 7.89. The third-order valence-corrected chi connectivity index (χ3v) is 6.93. The second-order valence-corrected chi connectivity index (χ2v) is 9.59. The Balaban J connectivity index is 1.56. The Labute approximate surface area is 204 Å². The number of ether oxygens (including phenoxy) is 1. The fourth-order valence-corrected chi connectivity index (χ4v) is 5.04. The van der Waals surface area contributed by atoms with Gasteiger partial charge in [-0.2, -0.15) is 17.9 Å². The van der Waals surface area contributed by atoms with Gasteiger partial charge in [-0.25, -0.2) is 8.42 Å². The van der Waals surface area contributed by atoms with E-state index in [2.05, 4.69) is 0 Å². The normalized spacial score (nSPS) is 13.0. The molecule has 1 unspecified atom stereocenters. The Hall–Kier alpha value is -3.90. The van der Waals surface area contributed by atoms with E-state index in [4.69, 9.17) is 4.74 Å². The van der Waals surface area contributed by atoms with Gasteiger partial charge in [0.25, 0.3) is 5.69 Å². The zero-order chi connectivity index (χ0) is 25.9. The summed E-state index contributed by atoms with van der Waals surface area (Å²) in [6, 6.07) is 17.6. The molecule has 1 heterocycles. The number of nitro benzene ring substituents is 1. The molecular weight excluding hydrogens is 499 g/mol. The van der Waals surface area contributed by atoms with Gasteiger partial charge >= 0.3 is 6.18 Å². The topological polar surface area (TPSA) is 103 Å². The summed E-state index contributed by atoms with van der Waals surface area (Å²) >= 11 is 0. The first-order chi connectivity index (χ1) is 17.0. The lowest BCUT2D eigenvalue weighted by Gasteiger charge is -2.22. The smallest absolute Gasteiger partial charge is 0.406 e. The van der Waals surface area contributed by atoms with E-state index < -0.39 is 44.3 Å². The van der Waals surface area contributed by atoms with E-state index in [1.54, 1.807) is 29.0 Å². The van der Waals surface area contributed by atoms with Crippen LogP contribution < -0.4 is 9.46 Å². The molecular formula is C24H20F3N3O5S. The first-order valence-electron chi connectivity index (χ1n) is 10.6. The molecule has 188 valence electrons. The number of nitrogens with zero attached hydrogens (tertiary/aromatic N) is 2. The summed E-state index contributed by atoms with van der Waals surface area (Å²) in [6.07, 6.45) is -3.56. The van der Waals surface area contributed by atoms with Gasteiger partial charge in [0.15, 0.2) is 4.90 Å². The number of nitro groups is 1. The number of aromatic nitrogens is 1. The molecule has 1 atom stereocenters. The van der Waals surface area contributed by atoms with Crippen LogP contribution in [0.15, 0.2) is 90.0 Å². The molecule has 0 saturated carbocycles. The highest BCUT2D eigenvalue weighted by Gasteiger charge is 2.43. The van der Waals surface area contributed by atoms with Gasteiger partial charge in [-0.1, -0.05) is 42.5 Å². The molecule has 0 fully saturated rings. The number of alkyl halides is 3. The number of para-hydroxylation sites is 1. The van der Waals surface area contributed by atoms with E-state index in [1.165, 1.54) is 22.9 Å². The number of benzene rings is 3. The molecule has 1 aromatic heterocycles. The van der Waals surface area contributed by atoms with Crippen LogP contribution in [0.5, 0.6) is 5.75 Å². The van der Waals surface area contributed by atoms with Gasteiger partial charge in [0, 0.05) is 29.7 Å². The summed E-state index contributed by atoms with van der Waals surface area (Å²) in [5.41, 5.74) is 0.565. The highest BCUT2D eigenvalue weighted by Crippen LogP contribution is 2.29. The van der Waals surface area contributed by atoms with E-state index in [9.17, 15) is 31.7 Å². The van der Waals surface area contributed by atoms with Gasteiger partial charge in [0.1, 0.15) is 18.4 Å². The van der Waals surface area contributed by atoms with Gasteiger partial charge in [-0.15, -0.1) is 0 Å². The summed E-state index contributed by atoms with van der Waals surface area (Å²) in [6.45, 7) is -0.465. The van der Waals surface area contributed by atoms with Crippen molar-refractivity contribution in [3.05, 3.63) is 101 Å². The minimum atomic E-state index is -4.97. The number of hydrogen-bond acceptors (Lipinski definition) is 5. The first-order valence-corrected chi connectivity index (χ1v) is 12.1. The monoisotopic (exact) mass is 519 g/mol. The maximum Gasteiger partial charge on any atom is 0.406 e. The van der Waals surface area contributed by atoms with Crippen LogP contribution in [0.4, 0.5) is 18.9 Å². The molecule has 12 heteroatoms. The molecule has 8 nitrogen and oxygen atoms in total. The molecule has 0 radical (unpaired) electrons. The standard InChI is InChI=1S/C24H20F3N3O5S/c25-24(26,27)23(28-36(33,34)22-9-5-4-8-21(22)30(31)32)15-29-13-12-18-14-19(10-11-20(18)29)35-16-17-6-2-1-3-7-17/h1-14,23,28H,15-16H2. The largest absolute Gasteiger partial charge is 0.489 e. The second kappa shape index (κ2) is 9.99. The first kappa shape index (κ1) is 25.2. The average molecular weight is 520 g/mol. The number of halogens is 3. The van der Waals surface area contributed by atoms with Crippen molar-refractivity contribution in [2.45, 2.75) is 30.3 Å². The third kappa shape index (κ3) is 5.66. The number of rotatable bonds is 9. The minimum absolute atomic E-state index is 0.316. The molecule has 3 aromatic carbocycles. The molecule has 0 aliphatic carbocycles. The molecule has 1 N–H and O–H groups in total. The van der Waals surface area contributed by atoms with Crippen molar-refractivity contribution in [2.24, 2.45) is 0 Å². The van der Waals surface area contributed by atoms with Crippen LogP contribution in [-0.2, 0) is 23.2 Å². The molecule has 0 spiro atoms. The average Bonchev–Trinajstić information content (AvgIpc) is 3.24. The van der Waals surface area contributed by atoms with Gasteiger partial charge in [0.05, 0.1) is 4.92 Å². The number of fused-ring (bicyclic) bond motifs is 1. The quantitative estimate of drug-likeness (QED) is 0.247. The Bertz CT molecular complexity index is 1490. The maximum absolute atomic E-state index is 13.8. The lowest BCUT2D eigenvalue weighted by molar-refractivity contribution is -0.387. The lowest BCUT2D eigenvalue weighted by atomic mass is 10.2. The van der Waals surface area contributed by atoms with Crippen molar-refractivity contribution in [1.82, 2.24) is 9.29 Å². The van der Waals surface area contributed by atoms with Crippen LogP contribution in [0.25, 0.3) is 10.9 Å². The van der Waals surface area contributed by atoms with Gasteiger partial charge in [-0.3, -0.25) is 10.1 Å². The highest BCUT2D eigenvalue weighted by atomic mass is 32.2. The molecule has 0 amide bonds. The van der Waals surface area contributed by atoms with Gasteiger partial charge < -0.3 is 9.30 Å². The van der Waals surface area contributed by atoms with Crippen LogP contribution in [0.1, 0.15) is 5.56 Å². The molecule has 0 aliphatic heterocycles. The Morgan fingerprint density at radius 2 is 1.69 bits per heavy atom. The van der Waals surface area contributed by atoms with Crippen LogP contribution in [0.2, 0.25) is 0 Å². The summed E-state index contributed by atoms with van der Waals surface area (Å²) < 4.78 is 75.6. The van der Waals surface area contributed by atoms with E-state index in [-0.39, 0.29) is 0 Å². The van der Waals surface area contributed by atoms with Crippen LogP contribution in [0, 0.1) is 10.1 Å². The summed E-state index contributed by atoms with van der Waals surface area (Å²) in [5.74, 6) is 0.522. The summed E-state index contributed by atoms with van der Waals surface area (Å²) in [7, 11) is -4.86. The number of nitrogens with one attached hydrogen (secondary N) is 1. The molecule has 36 heavy (non-hydrogen) atoms. The van der Waals surface area contributed by atoms with E-state index in [1.807, 2.05) is 30.3 Å². The van der Waals surface area contributed by atoms with Crippen LogP contribution >= 0.6 is 0 Å². The predicted octanol–water partition coefficient (Wildman–Crippen LogP) is 5.04. The molecule has 0 aliphatic rings. The molecule has 0 bridgehead atoms. The predicted molar refractivity (Wildman–Crippen MR) is 126 cm³/mol.